The first-order valence-corrected chi connectivity index (χ1v) is 10.3. The Morgan fingerprint density at radius 2 is 1.88 bits per heavy atom. The third-order valence-corrected chi connectivity index (χ3v) is 6.42. The van der Waals surface area contributed by atoms with Crippen LogP contribution in [-0.4, -0.2) is 48.4 Å². The van der Waals surface area contributed by atoms with Gasteiger partial charge in [-0.2, -0.15) is 0 Å². The van der Waals surface area contributed by atoms with Crippen LogP contribution in [0.2, 0.25) is 0 Å². The maximum absolute atomic E-state index is 12.5. The summed E-state index contributed by atoms with van der Waals surface area (Å²) in [5.41, 5.74) is 0. The van der Waals surface area contributed by atoms with Crippen LogP contribution >= 0.6 is 0 Å². The highest BCUT2D eigenvalue weighted by Crippen LogP contribution is 2.47. The second-order valence-corrected chi connectivity index (χ2v) is 8.46. The molecule has 1 aromatic heterocycles. The molecular formula is C21H32N2O2. The van der Waals surface area contributed by atoms with Gasteiger partial charge in [0.05, 0.1) is 0 Å². The topological polar surface area (TPSA) is 36.7 Å². The van der Waals surface area contributed by atoms with Crippen LogP contribution in [0.4, 0.5) is 0 Å². The molecule has 25 heavy (non-hydrogen) atoms. The van der Waals surface area contributed by atoms with Crippen molar-refractivity contribution in [2.24, 2.45) is 11.8 Å². The second kappa shape index (κ2) is 7.53. The fraction of sp³-hybridized carbons (Fsp3) is 0.762. The van der Waals surface area contributed by atoms with Crippen molar-refractivity contribution >= 4 is 5.91 Å². The summed E-state index contributed by atoms with van der Waals surface area (Å²) in [5, 5.41) is 0. The van der Waals surface area contributed by atoms with Gasteiger partial charge in [-0.25, -0.2) is 0 Å². The summed E-state index contributed by atoms with van der Waals surface area (Å²) in [6.45, 7) is 7.97. The number of furan rings is 1. The van der Waals surface area contributed by atoms with Crippen molar-refractivity contribution in [2.75, 3.05) is 32.7 Å². The molecule has 1 saturated carbocycles. The lowest BCUT2D eigenvalue weighted by molar-refractivity contribution is -0.132. The third kappa shape index (κ3) is 4.28. The van der Waals surface area contributed by atoms with Crippen molar-refractivity contribution in [3.63, 3.8) is 0 Å². The van der Waals surface area contributed by atoms with Crippen molar-refractivity contribution in [3.8, 4) is 0 Å². The standard InChI is InChI=1S/C21H32N2O2/c1-16-14-19(16)20-6-4-18(25-20)5-7-21(24)23-12-8-17(9-13-23)15-22-10-2-3-11-22/h4,6,16-17,19H,2-3,5,7-15H2,1H3. The average Bonchev–Trinajstić information content (AvgIpc) is 3.04. The SMILES string of the molecule is CC1CC1c1ccc(CCC(=O)N2CCC(CN3CCCC3)CC2)o1. The van der Waals surface area contributed by atoms with Gasteiger partial charge < -0.3 is 14.2 Å². The van der Waals surface area contributed by atoms with Gasteiger partial charge >= 0.3 is 0 Å². The highest BCUT2D eigenvalue weighted by atomic mass is 16.3. The Labute approximate surface area is 151 Å². The number of nitrogens with zero attached hydrogens (tertiary/aromatic N) is 2. The predicted molar refractivity (Wildman–Crippen MR) is 98.5 cm³/mol. The molecule has 0 spiro atoms. The number of rotatable bonds is 6. The quantitative estimate of drug-likeness (QED) is 0.790. The summed E-state index contributed by atoms with van der Waals surface area (Å²) < 4.78 is 5.93. The zero-order chi connectivity index (χ0) is 17.2. The number of carbonyl (C=O) groups is 1. The van der Waals surface area contributed by atoms with Crippen LogP contribution in [-0.2, 0) is 11.2 Å². The van der Waals surface area contributed by atoms with E-state index >= 15 is 0 Å². The highest BCUT2D eigenvalue weighted by Gasteiger charge is 2.36. The van der Waals surface area contributed by atoms with E-state index in [2.05, 4.69) is 28.9 Å². The molecule has 2 aliphatic heterocycles. The maximum Gasteiger partial charge on any atom is 0.223 e. The zero-order valence-electron chi connectivity index (χ0n) is 15.6. The van der Waals surface area contributed by atoms with Crippen molar-refractivity contribution in [1.82, 2.24) is 9.80 Å². The molecule has 4 nitrogen and oxygen atoms in total. The first-order chi connectivity index (χ1) is 12.2. The predicted octanol–water partition coefficient (Wildman–Crippen LogP) is 3.67. The monoisotopic (exact) mass is 344 g/mol. The molecule has 0 radical (unpaired) electrons. The lowest BCUT2D eigenvalue weighted by Crippen LogP contribution is -2.41. The largest absolute Gasteiger partial charge is 0.466 e. The van der Waals surface area contributed by atoms with E-state index in [1.54, 1.807) is 0 Å². The summed E-state index contributed by atoms with van der Waals surface area (Å²) in [7, 11) is 0. The van der Waals surface area contributed by atoms with Crippen LogP contribution in [0.25, 0.3) is 0 Å². The molecule has 4 heteroatoms. The Morgan fingerprint density at radius 1 is 1.16 bits per heavy atom. The van der Waals surface area contributed by atoms with E-state index in [4.69, 9.17) is 4.42 Å². The van der Waals surface area contributed by atoms with Gasteiger partial charge in [-0.15, -0.1) is 0 Å². The number of hydrogen-bond donors (Lipinski definition) is 0. The Morgan fingerprint density at radius 3 is 2.56 bits per heavy atom. The van der Waals surface area contributed by atoms with Gasteiger partial charge in [0.25, 0.3) is 0 Å². The lowest BCUT2D eigenvalue weighted by Gasteiger charge is -2.34. The molecule has 2 atom stereocenters. The van der Waals surface area contributed by atoms with Crippen molar-refractivity contribution in [3.05, 3.63) is 23.7 Å². The van der Waals surface area contributed by atoms with Gasteiger partial charge in [0, 0.05) is 38.4 Å². The Hall–Kier alpha value is -1.29. The van der Waals surface area contributed by atoms with Crippen molar-refractivity contribution < 1.29 is 9.21 Å². The zero-order valence-corrected chi connectivity index (χ0v) is 15.6. The van der Waals surface area contributed by atoms with E-state index in [-0.39, 0.29) is 0 Å². The molecule has 0 N–H and O–H groups in total. The summed E-state index contributed by atoms with van der Waals surface area (Å²) in [6.07, 6.45) is 7.66. The minimum Gasteiger partial charge on any atom is -0.466 e. The average molecular weight is 344 g/mol. The molecule has 3 heterocycles. The summed E-state index contributed by atoms with van der Waals surface area (Å²) in [4.78, 5) is 17.2. The van der Waals surface area contributed by atoms with E-state index in [9.17, 15) is 4.79 Å². The van der Waals surface area contributed by atoms with Crippen molar-refractivity contribution in [2.45, 2.75) is 57.8 Å². The molecule has 3 fully saturated rings. The summed E-state index contributed by atoms with van der Waals surface area (Å²) in [5.74, 6) is 4.58. The molecule has 1 amide bonds. The molecule has 4 rings (SSSR count). The van der Waals surface area contributed by atoms with E-state index in [1.807, 2.05) is 0 Å². The van der Waals surface area contributed by atoms with Crippen LogP contribution < -0.4 is 0 Å². The van der Waals surface area contributed by atoms with Gasteiger partial charge in [-0.05, 0) is 69.2 Å². The van der Waals surface area contributed by atoms with E-state index in [0.717, 1.165) is 42.9 Å². The maximum atomic E-state index is 12.5. The van der Waals surface area contributed by atoms with Crippen LogP contribution in [0.15, 0.2) is 16.5 Å². The second-order valence-electron chi connectivity index (χ2n) is 8.46. The molecule has 2 saturated heterocycles. The fourth-order valence-electron chi connectivity index (χ4n) is 4.53. The number of likely N-dealkylation sites (tertiary alicyclic amines) is 2. The van der Waals surface area contributed by atoms with Gasteiger partial charge in [0.15, 0.2) is 0 Å². The molecule has 2 unspecified atom stereocenters. The number of carbonyl (C=O) groups excluding carboxylic acids is 1. The molecular weight excluding hydrogens is 312 g/mol. The molecule has 0 aromatic carbocycles. The highest BCUT2D eigenvalue weighted by molar-refractivity contribution is 5.76. The summed E-state index contributed by atoms with van der Waals surface area (Å²) >= 11 is 0. The molecule has 0 bridgehead atoms. The molecule has 1 aliphatic carbocycles. The van der Waals surface area contributed by atoms with E-state index in [0.29, 0.717) is 18.2 Å². The lowest BCUT2D eigenvalue weighted by atomic mass is 9.96. The number of piperidine rings is 1. The Kier molecular flexibility index (Phi) is 5.16. The van der Waals surface area contributed by atoms with Gasteiger partial charge in [0.1, 0.15) is 11.5 Å². The van der Waals surface area contributed by atoms with Gasteiger partial charge in [-0.3, -0.25) is 4.79 Å². The first kappa shape index (κ1) is 17.1. The van der Waals surface area contributed by atoms with Gasteiger partial charge in [0.2, 0.25) is 5.91 Å². The minimum absolute atomic E-state index is 0.303. The normalized spacial score (nSPS) is 27.8. The number of amides is 1. The molecule has 138 valence electrons. The van der Waals surface area contributed by atoms with E-state index in [1.165, 1.54) is 51.7 Å². The smallest absolute Gasteiger partial charge is 0.223 e. The fourth-order valence-corrected chi connectivity index (χ4v) is 4.53. The van der Waals surface area contributed by atoms with Gasteiger partial charge in [-0.1, -0.05) is 6.92 Å². The van der Waals surface area contributed by atoms with Crippen LogP contribution in [0, 0.1) is 11.8 Å². The Bertz CT molecular complexity index is 582. The molecule has 3 aliphatic rings. The van der Waals surface area contributed by atoms with E-state index < -0.39 is 0 Å². The first-order valence-electron chi connectivity index (χ1n) is 10.3. The van der Waals surface area contributed by atoms with Crippen LogP contribution in [0.1, 0.15) is 62.9 Å². The molecule has 1 aromatic rings. The third-order valence-electron chi connectivity index (χ3n) is 6.42. The van der Waals surface area contributed by atoms with Crippen molar-refractivity contribution in [1.29, 1.82) is 0 Å². The van der Waals surface area contributed by atoms with Crippen LogP contribution in [0.3, 0.4) is 0 Å². The number of aryl methyl sites for hydroxylation is 1. The van der Waals surface area contributed by atoms with Crippen LogP contribution in [0.5, 0.6) is 0 Å². The number of hydrogen-bond acceptors (Lipinski definition) is 3. The summed E-state index contributed by atoms with van der Waals surface area (Å²) in [6, 6.07) is 4.17. The minimum atomic E-state index is 0.303. The Balaban J connectivity index is 1.18.